The molecule has 0 spiro atoms. The van der Waals surface area contributed by atoms with Gasteiger partial charge in [0, 0.05) is 60.6 Å². The molecule has 0 saturated carbocycles. The zero-order valence-electron chi connectivity index (χ0n) is 19.6. The van der Waals surface area contributed by atoms with Crippen LogP contribution in [0.2, 0.25) is 0 Å². The number of aromatic nitrogens is 2. The first-order valence-electron chi connectivity index (χ1n) is 11.4. The lowest BCUT2D eigenvalue weighted by molar-refractivity contribution is -0.110. The van der Waals surface area contributed by atoms with Crippen molar-refractivity contribution in [2.75, 3.05) is 44.3 Å². The van der Waals surface area contributed by atoms with Crippen LogP contribution in [0.3, 0.4) is 0 Å². The Kier molecular flexibility index (Phi) is 5.45. The third-order valence-electron chi connectivity index (χ3n) is 6.69. The number of benzene rings is 1. The number of piperazine rings is 1. The Balaban J connectivity index is 1.55. The maximum atomic E-state index is 13.3. The number of nitrogen functional groups attached to an aromatic ring is 1. The van der Waals surface area contributed by atoms with Crippen LogP contribution in [0.15, 0.2) is 36.5 Å². The fraction of sp³-hybridized carbons (Fsp3) is 0.269. The number of amides is 2. The minimum atomic E-state index is -0.176. The van der Waals surface area contributed by atoms with Crippen LogP contribution in [0.5, 0.6) is 0 Å². The summed E-state index contributed by atoms with van der Waals surface area (Å²) < 4.78 is 0. The molecule has 0 atom stereocenters. The first-order chi connectivity index (χ1) is 16.3. The van der Waals surface area contributed by atoms with Gasteiger partial charge in [0.1, 0.15) is 5.82 Å². The lowest BCUT2D eigenvalue weighted by Gasteiger charge is -2.32. The van der Waals surface area contributed by atoms with Crippen molar-refractivity contribution in [2.45, 2.75) is 13.8 Å². The quantitative estimate of drug-likeness (QED) is 0.525. The summed E-state index contributed by atoms with van der Waals surface area (Å²) in [6.07, 6.45) is 3.56. The predicted molar refractivity (Wildman–Crippen MR) is 134 cm³/mol. The van der Waals surface area contributed by atoms with Crippen molar-refractivity contribution in [3.63, 3.8) is 0 Å². The van der Waals surface area contributed by atoms with Crippen LogP contribution in [0.25, 0.3) is 22.8 Å². The van der Waals surface area contributed by atoms with Crippen molar-refractivity contribution in [3.05, 3.63) is 64.6 Å². The number of aryl methyl sites for hydroxylation is 1. The van der Waals surface area contributed by atoms with E-state index in [-0.39, 0.29) is 11.8 Å². The summed E-state index contributed by atoms with van der Waals surface area (Å²) in [4.78, 5) is 38.0. The van der Waals surface area contributed by atoms with Crippen molar-refractivity contribution in [3.8, 4) is 11.1 Å². The summed E-state index contributed by atoms with van der Waals surface area (Å²) in [6, 6.07) is 9.41. The number of hydrogen-bond donors (Lipinski definition) is 3. The Morgan fingerprint density at radius 2 is 1.88 bits per heavy atom. The number of nitrogens with two attached hydrogens (primary N) is 1. The number of H-pyrrole nitrogens is 1. The molecule has 0 bridgehead atoms. The van der Waals surface area contributed by atoms with E-state index in [0.717, 1.165) is 52.4 Å². The van der Waals surface area contributed by atoms with Gasteiger partial charge in [0.15, 0.2) is 0 Å². The van der Waals surface area contributed by atoms with Gasteiger partial charge < -0.3 is 25.8 Å². The molecule has 8 nitrogen and oxygen atoms in total. The Labute approximate surface area is 198 Å². The van der Waals surface area contributed by atoms with Crippen molar-refractivity contribution >= 4 is 35.0 Å². The van der Waals surface area contributed by atoms with Crippen LogP contribution in [0.4, 0.5) is 11.5 Å². The molecule has 174 valence electrons. The number of nitrogens with one attached hydrogen (secondary N) is 2. The predicted octanol–water partition coefficient (Wildman–Crippen LogP) is 3.16. The summed E-state index contributed by atoms with van der Waals surface area (Å²) in [5.41, 5.74) is 12.7. The second-order valence-electron chi connectivity index (χ2n) is 8.97. The van der Waals surface area contributed by atoms with E-state index in [1.165, 1.54) is 0 Å². The molecule has 1 fully saturated rings. The molecule has 0 unspecified atom stereocenters. The third-order valence-corrected chi connectivity index (χ3v) is 6.69. The van der Waals surface area contributed by atoms with Crippen LogP contribution in [-0.4, -0.2) is 64.8 Å². The molecule has 5 rings (SSSR count). The molecule has 1 saturated heterocycles. The largest absolute Gasteiger partial charge is 0.384 e. The maximum Gasteiger partial charge on any atom is 0.256 e. The molecule has 0 radical (unpaired) electrons. The monoisotopic (exact) mass is 456 g/mol. The second-order valence-corrected chi connectivity index (χ2v) is 8.97. The molecule has 4 heterocycles. The fourth-order valence-electron chi connectivity index (χ4n) is 4.74. The van der Waals surface area contributed by atoms with Crippen molar-refractivity contribution in [1.82, 2.24) is 19.8 Å². The molecule has 34 heavy (non-hydrogen) atoms. The first-order valence-corrected chi connectivity index (χ1v) is 11.4. The molecule has 2 aliphatic rings. The zero-order valence-corrected chi connectivity index (χ0v) is 19.6. The summed E-state index contributed by atoms with van der Waals surface area (Å²) in [6.45, 7) is 7.00. The number of rotatable bonds is 3. The molecule has 2 aromatic heterocycles. The Morgan fingerprint density at radius 3 is 2.59 bits per heavy atom. The van der Waals surface area contributed by atoms with E-state index in [1.807, 2.05) is 49.1 Å². The summed E-state index contributed by atoms with van der Waals surface area (Å²) in [7, 11) is 2.07. The lowest BCUT2D eigenvalue weighted by atomic mass is 9.95. The highest BCUT2D eigenvalue weighted by atomic mass is 16.2. The molecule has 1 aromatic carbocycles. The molecule has 8 heteroatoms. The van der Waals surface area contributed by atoms with Gasteiger partial charge in [-0.15, -0.1) is 0 Å². The van der Waals surface area contributed by atoms with Crippen molar-refractivity contribution in [2.24, 2.45) is 0 Å². The van der Waals surface area contributed by atoms with Gasteiger partial charge >= 0.3 is 0 Å². The minimum absolute atomic E-state index is 0.0360. The number of pyridine rings is 1. The minimum Gasteiger partial charge on any atom is -0.384 e. The highest BCUT2D eigenvalue weighted by Gasteiger charge is 2.29. The van der Waals surface area contributed by atoms with Crippen LogP contribution in [0.1, 0.15) is 32.9 Å². The van der Waals surface area contributed by atoms with Gasteiger partial charge in [-0.2, -0.15) is 0 Å². The Bertz CT molecular complexity index is 1310. The molecule has 2 aliphatic heterocycles. The van der Waals surface area contributed by atoms with Gasteiger partial charge in [0.25, 0.3) is 11.8 Å². The summed E-state index contributed by atoms with van der Waals surface area (Å²) >= 11 is 0. The highest BCUT2D eigenvalue weighted by Crippen LogP contribution is 2.40. The second kappa shape index (κ2) is 8.46. The summed E-state index contributed by atoms with van der Waals surface area (Å²) in [5, 5.41) is 2.96. The average Bonchev–Trinajstić information content (AvgIpc) is 3.29. The van der Waals surface area contributed by atoms with Gasteiger partial charge in [-0.05, 0) is 56.3 Å². The van der Waals surface area contributed by atoms with Gasteiger partial charge in [-0.3, -0.25) is 9.59 Å². The van der Waals surface area contributed by atoms with Crippen molar-refractivity contribution in [1.29, 1.82) is 0 Å². The normalized spacial score (nSPS) is 17.2. The van der Waals surface area contributed by atoms with E-state index in [0.29, 0.717) is 30.0 Å². The average molecular weight is 457 g/mol. The maximum absolute atomic E-state index is 13.3. The Morgan fingerprint density at radius 1 is 1.12 bits per heavy atom. The molecule has 3 aromatic rings. The molecular formula is C26H28N6O2. The van der Waals surface area contributed by atoms with Gasteiger partial charge in [0.05, 0.1) is 11.1 Å². The van der Waals surface area contributed by atoms with Crippen LogP contribution >= 0.6 is 0 Å². The molecule has 2 amide bonds. The van der Waals surface area contributed by atoms with E-state index < -0.39 is 0 Å². The number of carbonyl (C=O) groups is 2. The number of nitrogens with zero attached hydrogens (tertiary/aromatic N) is 3. The van der Waals surface area contributed by atoms with E-state index in [2.05, 4.69) is 27.2 Å². The SMILES string of the molecule is Cc1[nH]c(C=C2C(=O)Nc3cccc(-c4ccc(N)nc4)c32)c(C)c1C(=O)N1CCN(C)CC1. The lowest BCUT2D eigenvalue weighted by Crippen LogP contribution is -2.47. The molecule has 4 N–H and O–H groups in total. The first kappa shape index (κ1) is 21.9. The number of hydrogen-bond acceptors (Lipinski definition) is 5. The topological polar surface area (TPSA) is 107 Å². The van der Waals surface area contributed by atoms with Gasteiger partial charge in [-0.25, -0.2) is 4.98 Å². The third kappa shape index (κ3) is 3.76. The van der Waals surface area contributed by atoms with E-state index in [4.69, 9.17) is 5.73 Å². The molecule has 0 aliphatic carbocycles. The number of aromatic amines is 1. The van der Waals surface area contributed by atoms with Crippen LogP contribution in [0, 0.1) is 13.8 Å². The Hall–Kier alpha value is -3.91. The fourth-order valence-corrected chi connectivity index (χ4v) is 4.74. The molecular weight excluding hydrogens is 428 g/mol. The van der Waals surface area contributed by atoms with Crippen LogP contribution in [-0.2, 0) is 4.79 Å². The summed E-state index contributed by atoms with van der Waals surface area (Å²) in [5.74, 6) is 0.301. The van der Waals surface area contributed by atoms with E-state index in [1.54, 1.807) is 12.3 Å². The van der Waals surface area contributed by atoms with Gasteiger partial charge in [-0.1, -0.05) is 12.1 Å². The van der Waals surface area contributed by atoms with Crippen molar-refractivity contribution < 1.29 is 9.59 Å². The zero-order chi connectivity index (χ0) is 24.0. The van der Waals surface area contributed by atoms with E-state index in [9.17, 15) is 9.59 Å². The number of fused-ring (bicyclic) bond motifs is 1. The van der Waals surface area contributed by atoms with E-state index >= 15 is 0 Å². The smallest absolute Gasteiger partial charge is 0.256 e. The number of carbonyl (C=O) groups excluding carboxylic acids is 2. The van der Waals surface area contributed by atoms with Crippen LogP contribution < -0.4 is 11.1 Å². The van der Waals surface area contributed by atoms with Gasteiger partial charge in [0.2, 0.25) is 0 Å². The number of anilines is 2. The number of likely N-dealkylation sites (N-methyl/N-ethyl adjacent to an activating group) is 1. The standard InChI is InChI=1S/C26H28N6O2/c1-15-21(29-16(2)23(15)26(34)32-11-9-31(3)10-12-32)13-19-24-18(17-7-8-22(27)28-14-17)5-4-6-20(24)30-25(19)33/h4-8,13-14,29H,9-12H2,1-3H3,(H2,27,28)(H,30,33). The highest BCUT2D eigenvalue weighted by molar-refractivity contribution is 6.36.